The summed E-state index contributed by atoms with van der Waals surface area (Å²) in [5.74, 6) is 0.632. The van der Waals surface area contributed by atoms with Gasteiger partial charge in [-0.3, -0.25) is 4.79 Å². The Morgan fingerprint density at radius 1 is 0.850 bits per heavy atom. The number of carboxylic acids is 1. The summed E-state index contributed by atoms with van der Waals surface area (Å²) in [5, 5.41) is 14.9. The van der Waals surface area contributed by atoms with Gasteiger partial charge < -0.3 is 30.0 Å². The average molecular weight is 547 g/mol. The Hall–Kier alpha value is -4.53. The van der Waals surface area contributed by atoms with E-state index >= 15 is 0 Å². The molecule has 4 rings (SSSR count). The lowest BCUT2D eigenvalue weighted by Crippen LogP contribution is -2.40. The molecule has 0 aromatic heterocycles. The second kappa shape index (κ2) is 14.0. The SMILES string of the molecule is CCCOC(=O)NC1CCC(Oc2ccc(Oc3ccc(CC(=O)Nc4ccccc4C(=O)O)cc3)cc2)CC1. The predicted octanol–water partition coefficient (Wildman–Crippen LogP) is 6.18. The van der Waals surface area contributed by atoms with Gasteiger partial charge in [-0.25, -0.2) is 9.59 Å². The summed E-state index contributed by atoms with van der Waals surface area (Å²) in [6.45, 7) is 2.40. The summed E-state index contributed by atoms with van der Waals surface area (Å²) in [4.78, 5) is 35.5. The van der Waals surface area contributed by atoms with Crippen LogP contribution in [0.3, 0.4) is 0 Å². The molecule has 1 saturated carbocycles. The molecule has 0 heterocycles. The number of hydrogen-bond acceptors (Lipinski definition) is 6. The number of anilines is 1. The van der Waals surface area contributed by atoms with E-state index in [9.17, 15) is 19.5 Å². The normalized spacial score (nSPS) is 16.4. The number of rotatable bonds is 11. The van der Waals surface area contributed by atoms with Crippen molar-refractivity contribution in [2.75, 3.05) is 11.9 Å². The van der Waals surface area contributed by atoms with Crippen LogP contribution in [0.2, 0.25) is 0 Å². The highest BCUT2D eigenvalue weighted by molar-refractivity contribution is 6.01. The van der Waals surface area contributed by atoms with Gasteiger partial charge in [0.1, 0.15) is 17.2 Å². The Balaban J connectivity index is 1.21. The van der Waals surface area contributed by atoms with E-state index in [0.717, 1.165) is 43.4 Å². The number of benzene rings is 3. The molecule has 0 spiro atoms. The van der Waals surface area contributed by atoms with Gasteiger partial charge in [0.2, 0.25) is 5.91 Å². The van der Waals surface area contributed by atoms with E-state index in [1.165, 1.54) is 6.07 Å². The lowest BCUT2D eigenvalue weighted by atomic mass is 9.93. The minimum atomic E-state index is -1.10. The molecular weight excluding hydrogens is 512 g/mol. The monoisotopic (exact) mass is 546 g/mol. The molecule has 0 atom stereocenters. The molecule has 1 aliphatic rings. The molecule has 3 N–H and O–H groups in total. The van der Waals surface area contributed by atoms with E-state index in [0.29, 0.717) is 18.1 Å². The number of aromatic carboxylic acids is 1. The van der Waals surface area contributed by atoms with Gasteiger partial charge in [0.25, 0.3) is 0 Å². The number of alkyl carbamates (subject to hydrolysis) is 1. The van der Waals surface area contributed by atoms with Crippen molar-refractivity contribution in [2.24, 2.45) is 0 Å². The molecule has 3 aromatic carbocycles. The molecule has 9 heteroatoms. The lowest BCUT2D eigenvalue weighted by Gasteiger charge is -2.29. The van der Waals surface area contributed by atoms with Crippen LogP contribution in [0.5, 0.6) is 17.2 Å². The number of para-hydroxylation sites is 1. The van der Waals surface area contributed by atoms with E-state index in [4.69, 9.17) is 14.2 Å². The van der Waals surface area contributed by atoms with Gasteiger partial charge in [-0.1, -0.05) is 31.2 Å². The molecule has 3 aromatic rings. The lowest BCUT2D eigenvalue weighted by molar-refractivity contribution is -0.115. The Labute approximate surface area is 233 Å². The average Bonchev–Trinajstić information content (AvgIpc) is 2.95. The highest BCUT2D eigenvalue weighted by Gasteiger charge is 2.24. The Kier molecular flexibility index (Phi) is 9.99. The molecule has 1 aliphatic carbocycles. The van der Waals surface area contributed by atoms with Crippen LogP contribution in [0, 0.1) is 0 Å². The summed E-state index contributed by atoms with van der Waals surface area (Å²) in [6.07, 6.45) is 4.06. The van der Waals surface area contributed by atoms with Gasteiger partial charge >= 0.3 is 12.1 Å². The fourth-order valence-corrected chi connectivity index (χ4v) is 4.48. The zero-order valence-corrected chi connectivity index (χ0v) is 22.4. The summed E-state index contributed by atoms with van der Waals surface area (Å²) < 4.78 is 17.1. The van der Waals surface area contributed by atoms with E-state index in [-0.39, 0.29) is 41.8 Å². The topological polar surface area (TPSA) is 123 Å². The zero-order valence-electron chi connectivity index (χ0n) is 22.4. The van der Waals surface area contributed by atoms with Crippen LogP contribution in [-0.4, -0.2) is 41.8 Å². The smallest absolute Gasteiger partial charge is 0.407 e. The van der Waals surface area contributed by atoms with Gasteiger partial charge in [-0.15, -0.1) is 0 Å². The van der Waals surface area contributed by atoms with Crippen molar-refractivity contribution in [3.63, 3.8) is 0 Å². The molecule has 0 bridgehead atoms. The largest absolute Gasteiger partial charge is 0.490 e. The second-order valence-electron chi connectivity index (χ2n) is 9.66. The number of hydrogen-bond donors (Lipinski definition) is 3. The molecule has 2 amide bonds. The third-order valence-corrected chi connectivity index (χ3v) is 6.52. The van der Waals surface area contributed by atoms with E-state index in [2.05, 4.69) is 10.6 Å². The zero-order chi connectivity index (χ0) is 28.3. The summed E-state index contributed by atoms with van der Waals surface area (Å²) in [5.41, 5.74) is 1.08. The van der Waals surface area contributed by atoms with Crippen molar-refractivity contribution in [3.8, 4) is 17.2 Å². The van der Waals surface area contributed by atoms with Crippen LogP contribution in [0.4, 0.5) is 10.5 Å². The Bertz CT molecular complexity index is 1280. The number of amides is 2. The van der Waals surface area contributed by atoms with Crippen LogP contribution < -0.4 is 20.1 Å². The highest BCUT2D eigenvalue weighted by Crippen LogP contribution is 2.28. The van der Waals surface area contributed by atoms with Gasteiger partial charge in [0.15, 0.2) is 0 Å². The molecule has 0 radical (unpaired) electrons. The van der Waals surface area contributed by atoms with Gasteiger partial charge in [0, 0.05) is 6.04 Å². The van der Waals surface area contributed by atoms with E-state index in [1.54, 1.807) is 42.5 Å². The van der Waals surface area contributed by atoms with E-state index in [1.807, 2.05) is 31.2 Å². The maximum absolute atomic E-state index is 12.4. The Morgan fingerprint density at radius 2 is 1.48 bits per heavy atom. The third-order valence-electron chi connectivity index (χ3n) is 6.52. The van der Waals surface area contributed by atoms with Crippen molar-refractivity contribution in [3.05, 3.63) is 83.9 Å². The van der Waals surface area contributed by atoms with Crippen molar-refractivity contribution >= 4 is 23.7 Å². The number of carbonyl (C=O) groups is 3. The standard InChI is InChI=1S/C31H34N2O7/c1-2-19-38-31(37)32-22-9-13-24(14-10-22)40-26-17-15-25(16-18-26)39-23-11-7-21(8-12-23)20-29(34)33-28-6-4-3-5-27(28)30(35)36/h3-8,11-12,15-18,22,24H,2,9-10,13-14,19-20H2,1H3,(H,32,37)(H,33,34)(H,35,36). The van der Waals surface area contributed by atoms with Gasteiger partial charge in [0.05, 0.1) is 30.4 Å². The quantitative estimate of drug-likeness (QED) is 0.262. The maximum Gasteiger partial charge on any atom is 0.407 e. The molecule has 0 aliphatic heterocycles. The molecule has 210 valence electrons. The first-order chi connectivity index (χ1) is 19.4. The minimum Gasteiger partial charge on any atom is -0.490 e. The second-order valence-corrected chi connectivity index (χ2v) is 9.66. The van der Waals surface area contributed by atoms with Crippen LogP contribution in [0.25, 0.3) is 0 Å². The molecule has 0 saturated heterocycles. The van der Waals surface area contributed by atoms with Gasteiger partial charge in [-0.2, -0.15) is 0 Å². The number of carbonyl (C=O) groups excluding carboxylic acids is 2. The van der Waals surface area contributed by atoms with Gasteiger partial charge in [-0.05, 0) is 86.2 Å². The van der Waals surface area contributed by atoms with Crippen molar-refractivity contribution in [1.82, 2.24) is 5.32 Å². The fraction of sp³-hybridized carbons (Fsp3) is 0.323. The van der Waals surface area contributed by atoms with E-state index < -0.39 is 5.97 Å². The molecular formula is C31H34N2O7. The van der Waals surface area contributed by atoms with Crippen molar-refractivity contribution < 1.29 is 33.7 Å². The van der Waals surface area contributed by atoms with Crippen LogP contribution in [0.15, 0.2) is 72.8 Å². The molecule has 1 fully saturated rings. The summed E-state index contributed by atoms with van der Waals surface area (Å²) in [7, 11) is 0. The molecule has 40 heavy (non-hydrogen) atoms. The highest BCUT2D eigenvalue weighted by atomic mass is 16.5. The van der Waals surface area contributed by atoms with Crippen LogP contribution >= 0.6 is 0 Å². The summed E-state index contributed by atoms with van der Waals surface area (Å²) >= 11 is 0. The molecule has 0 unspecified atom stereocenters. The first kappa shape index (κ1) is 28.5. The number of nitrogens with one attached hydrogen (secondary N) is 2. The first-order valence-corrected chi connectivity index (χ1v) is 13.5. The third kappa shape index (κ3) is 8.49. The predicted molar refractivity (Wildman–Crippen MR) is 150 cm³/mol. The van der Waals surface area contributed by atoms with Crippen LogP contribution in [0.1, 0.15) is 54.9 Å². The molecule has 9 nitrogen and oxygen atoms in total. The Morgan fingerprint density at radius 3 is 2.12 bits per heavy atom. The van der Waals surface area contributed by atoms with Crippen molar-refractivity contribution in [2.45, 2.75) is 57.6 Å². The fourth-order valence-electron chi connectivity index (χ4n) is 4.48. The summed E-state index contributed by atoms with van der Waals surface area (Å²) in [6, 6.07) is 21.0. The number of carboxylic acid groups (broad SMARTS) is 1. The van der Waals surface area contributed by atoms with Crippen molar-refractivity contribution in [1.29, 1.82) is 0 Å². The first-order valence-electron chi connectivity index (χ1n) is 13.5. The van der Waals surface area contributed by atoms with Crippen LogP contribution in [-0.2, 0) is 16.0 Å². The maximum atomic E-state index is 12.4. The number of ether oxygens (including phenoxy) is 3. The minimum absolute atomic E-state index is 0.0436.